The fourth-order valence-electron chi connectivity index (χ4n) is 3.81. The summed E-state index contributed by atoms with van der Waals surface area (Å²) in [5.74, 6) is 1.66. The molecule has 1 saturated carbocycles. The molecule has 1 fully saturated rings. The Labute approximate surface area is 144 Å². The average molecular weight is 332 g/mol. The Morgan fingerprint density at radius 1 is 1.12 bits per heavy atom. The summed E-state index contributed by atoms with van der Waals surface area (Å²) >= 11 is 0. The molecule has 0 atom stereocenters. The van der Waals surface area contributed by atoms with Crippen molar-refractivity contribution in [2.75, 3.05) is 19.8 Å². The van der Waals surface area contributed by atoms with Gasteiger partial charge in [-0.1, -0.05) is 12.8 Å². The van der Waals surface area contributed by atoms with Gasteiger partial charge in [-0.25, -0.2) is 0 Å². The van der Waals surface area contributed by atoms with E-state index in [1.54, 1.807) is 0 Å². The number of nitrogens with zero attached hydrogens (tertiary/aromatic N) is 1. The molecule has 3 rings (SSSR count). The fourth-order valence-corrected chi connectivity index (χ4v) is 3.81. The minimum absolute atomic E-state index is 0.109. The van der Waals surface area contributed by atoms with Crippen LogP contribution in [0, 0.1) is 0 Å². The molecule has 1 heterocycles. The first-order valence-corrected chi connectivity index (χ1v) is 9.07. The van der Waals surface area contributed by atoms with E-state index in [4.69, 9.17) is 15.2 Å². The van der Waals surface area contributed by atoms with Gasteiger partial charge in [-0.2, -0.15) is 0 Å². The molecule has 0 unspecified atom stereocenters. The zero-order chi connectivity index (χ0) is 17.2. The highest BCUT2D eigenvalue weighted by Crippen LogP contribution is 2.35. The van der Waals surface area contributed by atoms with Crippen molar-refractivity contribution in [2.24, 2.45) is 5.73 Å². The fraction of sp³-hybridized carbons (Fsp3) is 0.632. The van der Waals surface area contributed by atoms with Gasteiger partial charge in [0.15, 0.2) is 11.5 Å². The summed E-state index contributed by atoms with van der Waals surface area (Å²) in [6, 6.07) is 4.10. The van der Waals surface area contributed by atoms with Crippen molar-refractivity contribution in [3.63, 3.8) is 0 Å². The molecule has 0 spiro atoms. The maximum Gasteiger partial charge on any atom is 0.242 e. The number of ether oxygens (including phenoxy) is 2. The Hall–Kier alpha value is -1.75. The molecule has 0 radical (unpaired) electrons. The van der Waals surface area contributed by atoms with Crippen LogP contribution in [0.25, 0.3) is 0 Å². The maximum absolute atomic E-state index is 12.9. The Bertz CT molecular complexity index is 609. The van der Waals surface area contributed by atoms with Crippen LogP contribution in [0.1, 0.15) is 50.7 Å². The molecule has 1 aromatic rings. The van der Waals surface area contributed by atoms with Crippen LogP contribution in [0.4, 0.5) is 0 Å². The molecule has 1 aromatic carbocycles. The van der Waals surface area contributed by atoms with Gasteiger partial charge in [-0.3, -0.25) is 4.79 Å². The second kappa shape index (κ2) is 7.01. The number of carbonyl (C=O) groups excluding carboxylic acids is 1. The number of fused-ring (bicyclic) bond motifs is 1. The first-order valence-electron chi connectivity index (χ1n) is 9.07. The molecule has 1 aliphatic carbocycles. The summed E-state index contributed by atoms with van der Waals surface area (Å²) in [5.41, 5.74) is 8.09. The van der Waals surface area contributed by atoms with Crippen LogP contribution < -0.4 is 15.2 Å². The number of rotatable bonds is 5. The lowest BCUT2D eigenvalue weighted by atomic mass is 9.93. The number of carbonyl (C=O) groups is 1. The van der Waals surface area contributed by atoms with E-state index in [9.17, 15) is 4.79 Å². The molecule has 132 valence electrons. The van der Waals surface area contributed by atoms with Crippen LogP contribution in [0.15, 0.2) is 12.1 Å². The summed E-state index contributed by atoms with van der Waals surface area (Å²) in [6.07, 6.45) is 4.56. The number of benzene rings is 1. The molecular weight excluding hydrogens is 304 g/mol. The third kappa shape index (κ3) is 3.22. The van der Waals surface area contributed by atoms with Gasteiger partial charge in [0.1, 0.15) is 0 Å². The summed E-state index contributed by atoms with van der Waals surface area (Å²) in [4.78, 5) is 14.8. The second-order valence-electron chi connectivity index (χ2n) is 6.77. The van der Waals surface area contributed by atoms with Crippen molar-refractivity contribution in [2.45, 2.75) is 58.0 Å². The predicted octanol–water partition coefficient (Wildman–Crippen LogP) is 2.64. The van der Waals surface area contributed by atoms with E-state index in [-0.39, 0.29) is 5.91 Å². The molecule has 1 aliphatic heterocycles. The normalized spacial score (nSPS) is 19.0. The van der Waals surface area contributed by atoms with E-state index in [0.717, 1.165) is 55.7 Å². The Morgan fingerprint density at radius 3 is 2.29 bits per heavy atom. The molecule has 2 aliphatic rings. The van der Waals surface area contributed by atoms with E-state index >= 15 is 0 Å². The quantitative estimate of drug-likeness (QED) is 0.900. The minimum Gasteiger partial charge on any atom is -0.490 e. The monoisotopic (exact) mass is 332 g/mol. The second-order valence-corrected chi connectivity index (χ2v) is 6.77. The molecule has 0 bridgehead atoms. The molecule has 0 saturated heterocycles. The van der Waals surface area contributed by atoms with Gasteiger partial charge in [0.05, 0.1) is 18.8 Å². The third-order valence-corrected chi connectivity index (χ3v) is 5.09. The Morgan fingerprint density at radius 2 is 1.71 bits per heavy atom. The largest absolute Gasteiger partial charge is 0.490 e. The number of hydrogen-bond acceptors (Lipinski definition) is 4. The van der Waals surface area contributed by atoms with E-state index < -0.39 is 5.54 Å². The van der Waals surface area contributed by atoms with Crippen molar-refractivity contribution in [1.29, 1.82) is 0 Å². The van der Waals surface area contributed by atoms with E-state index in [1.165, 1.54) is 5.56 Å². The van der Waals surface area contributed by atoms with Crippen LogP contribution in [0.5, 0.6) is 11.5 Å². The molecule has 24 heavy (non-hydrogen) atoms. The lowest BCUT2D eigenvalue weighted by molar-refractivity contribution is -0.137. The first kappa shape index (κ1) is 17.1. The van der Waals surface area contributed by atoms with Crippen LogP contribution in [0.3, 0.4) is 0 Å². The van der Waals surface area contributed by atoms with Crippen LogP contribution in [-0.2, 0) is 17.8 Å². The predicted molar refractivity (Wildman–Crippen MR) is 93.3 cm³/mol. The molecule has 5 nitrogen and oxygen atoms in total. The zero-order valence-electron chi connectivity index (χ0n) is 14.8. The van der Waals surface area contributed by atoms with Gasteiger partial charge >= 0.3 is 0 Å². The smallest absolute Gasteiger partial charge is 0.242 e. The van der Waals surface area contributed by atoms with Gasteiger partial charge in [0, 0.05) is 13.1 Å². The van der Waals surface area contributed by atoms with E-state index in [0.29, 0.717) is 19.8 Å². The van der Waals surface area contributed by atoms with E-state index in [2.05, 4.69) is 6.07 Å². The Balaban J connectivity index is 1.82. The van der Waals surface area contributed by atoms with Crippen molar-refractivity contribution >= 4 is 5.91 Å². The summed E-state index contributed by atoms with van der Waals surface area (Å²) in [7, 11) is 0. The maximum atomic E-state index is 12.9. The number of amides is 1. The van der Waals surface area contributed by atoms with Crippen molar-refractivity contribution < 1.29 is 14.3 Å². The summed E-state index contributed by atoms with van der Waals surface area (Å²) in [5, 5.41) is 0. The van der Waals surface area contributed by atoms with Crippen LogP contribution in [-0.4, -0.2) is 36.1 Å². The number of nitrogens with two attached hydrogens (primary N) is 1. The SMILES string of the molecule is CCOc1cc2c(cc1OCC)CN(C(=O)C1(N)CCCC1)CC2. The first-order chi connectivity index (χ1) is 11.6. The molecule has 0 aromatic heterocycles. The highest BCUT2D eigenvalue weighted by atomic mass is 16.5. The van der Waals surface area contributed by atoms with Gasteiger partial charge in [-0.15, -0.1) is 0 Å². The van der Waals surface area contributed by atoms with Crippen molar-refractivity contribution in [3.8, 4) is 11.5 Å². The molecule has 5 heteroatoms. The molecular formula is C19H28N2O3. The molecule has 2 N–H and O–H groups in total. The van der Waals surface area contributed by atoms with Gasteiger partial charge in [-0.05, 0) is 56.4 Å². The Kier molecular flexibility index (Phi) is 4.99. The minimum atomic E-state index is -0.647. The van der Waals surface area contributed by atoms with Gasteiger partial charge in [0.2, 0.25) is 5.91 Å². The summed E-state index contributed by atoms with van der Waals surface area (Å²) < 4.78 is 11.4. The standard InChI is InChI=1S/C19H28N2O3/c1-3-23-16-11-14-7-10-21(13-15(14)12-17(16)24-4-2)18(22)19(20)8-5-6-9-19/h11-12H,3-10,13,20H2,1-2H3. The lowest BCUT2D eigenvalue weighted by Gasteiger charge is -2.35. The van der Waals surface area contributed by atoms with Gasteiger partial charge in [0.25, 0.3) is 0 Å². The summed E-state index contributed by atoms with van der Waals surface area (Å²) in [6.45, 7) is 6.47. The van der Waals surface area contributed by atoms with Gasteiger partial charge < -0.3 is 20.1 Å². The number of hydrogen-bond donors (Lipinski definition) is 1. The highest BCUT2D eigenvalue weighted by molar-refractivity contribution is 5.86. The van der Waals surface area contributed by atoms with E-state index in [1.807, 2.05) is 24.8 Å². The van der Waals surface area contributed by atoms with Crippen LogP contribution >= 0.6 is 0 Å². The van der Waals surface area contributed by atoms with Crippen LogP contribution in [0.2, 0.25) is 0 Å². The van der Waals surface area contributed by atoms with Crippen molar-refractivity contribution in [3.05, 3.63) is 23.3 Å². The highest BCUT2D eigenvalue weighted by Gasteiger charge is 2.40. The lowest BCUT2D eigenvalue weighted by Crippen LogP contribution is -2.54. The zero-order valence-corrected chi connectivity index (χ0v) is 14.8. The van der Waals surface area contributed by atoms with Crippen molar-refractivity contribution in [1.82, 2.24) is 4.90 Å². The average Bonchev–Trinajstić information content (AvgIpc) is 3.03. The third-order valence-electron chi connectivity index (χ3n) is 5.09. The topological polar surface area (TPSA) is 64.8 Å². The molecule has 1 amide bonds.